The zero-order chi connectivity index (χ0) is 10.8. The van der Waals surface area contributed by atoms with Gasteiger partial charge in [0.15, 0.2) is 0 Å². The van der Waals surface area contributed by atoms with Crippen LogP contribution in [0.2, 0.25) is 0 Å². The second-order valence-corrected chi connectivity index (χ2v) is 3.92. The Balaban J connectivity index is 2.59. The molecule has 0 aliphatic heterocycles. The van der Waals surface area contributed by atoms with Gasteiger partial charge in [-0.25, -0.2) is 14.8 Å². The first-order valence-electron chi connectivity index (χ1n) is 4.18. The van der Waals surface area contributed by atoms with Gasteiger partial charge in [-0.3, -0.25) is 0 Å². The van der Waals surface area contributed by atoms with E-state index in [1.165, 1.54) is 6.33 Å². The van der Waals surface area contributed by atoms with Crippen molar-refractivity contribution >= 4 is 27.5 Å². The molecule has 0 radical (unpaired) electrons. The first-order chi connectivity index (χ1) is 7.22. The van der Waals surface area contributed by atoms with E-state index < -0.39 is 5.97 Å². The average molecular weight is 224 g/mol. The van der Waals surface area contributed by atoms with Crippen LogP contribution in [0, 0.1) is 0 Å². The van der Waals surface area contributed by atoms with Crippen molar-refractivity contribution in [3.63, 3.8) is 0 Å². The Morgan fingerprint density at radius 1 is 1.60 bits per heavy atom. The van der Waals surface area contributed by atoms with E-state index in [1.54, 1.807) is 13.2 Å². The number of aromatic nitrogens is 2. The zero-order valence-corrected chi connectivity index (χ0v) is 8.74. The van der Waals surface area contributed by atoms with Crippen LogP contribution in [0.1, 0.15) is 15.4 Å². The molecule has 2 aromatic heterocycles. The molecule has 2 rings (SSSR count). The van der Waals surface area contributed by atoms with Crippen LogP contribution >= 0.6 is 11.3 Å². The Morgan fingerprint density at radius 3 is 3.07 bits per heavy atom. The predicted molar refractivity (Wildman–Crippen MR) is 55.1 cm³/mol. The van der Waals surface area contributed by atoms with Gasteiger partial charge >= 0.3 is 5.97 Å². The maximum Gasteiger partial charge on any atom is 0.345 e. The van der Waals surface area contributed by atoms with Crippen molar-refractivity contribution in [1.29, 1.82) is 0 Å². The molecule has 0 atom stereocenters. The van der Waals surface area contributed by atoms with Gasteiger partial charge in [-0.1, -0.05) is 0 Å². The summed E-state index contributed by atoms with van der Waals surface area (Å²) < 4.78 is 4.97. The van der Waals surface area contributed by atoms with E-state index in [0.717, 1.165) is 16.7 Å². The number of hydrogen-bond acceptors (Lipinski definition) is 5. The summed E-state index contributed by atoms with van der Waals surface area (Å²) in [5, 5.41) is 9.59. The van der Waals surface area contributed by atoms with E-state index in [0.29, 0.717) is 17.1 Å². The summed E-state index contributed by atoms with van der Waals surface area (Å²) in [6, 6.07) is 1.58. The minimum Gasteiger partial charge on any atom is -0.477 e. The molecule has 0 aliphatic carbocycles. The van der Waals surface area contributed by atoms with Gasteiger partial charge in [0.2, 0.25) is 0 Å². The number of hydrogen-bond donors (Lipinski definition) is 1. The fraction of sp³-hybridized carbons (Fsp3) is 0.222. The first kappa shape index (κ1) is 10.0. The summed E-state index contributed by atoms with van der Waals surface area (Å²) in [4.78, 5) is 19.8. The Bertz CT molecular complexity index is 509. The summed E-state index contributed by atoms with van der Waals surface area (Å²) in [6.45, 7) is 0.356. The Morgan fingerprint density at radius 2 is 2.40 bits per heavy atom. The second-order valence-electron chi connectivity index (χ2n) is 2.89. The summed E-state index contributed by atoms with van der Waals surface area (Å²) in [6.07, 6.45) is 1.42. The van der Waals surface area contributed by atoms with Crippen LogP contribution in [-0.4, -0.2) is 28.2 Å². The van der Waals surface area contributed by atoms with Crippen LogP contribution in [0.4, 0.5) is 0 Å². The first-order valence-corrected chi connectivity index (χ1v) is 4.99. The lowest BCUT2D eigenvalue weighted by Gasteiger charge is -1.98. The van der Waals surface area contributed by atoms with Gasteiger partial charge < -0.3 is 9.84 Å². The van der Waals surface area contributed by atoms with Crippen molar-refractivity contribution in [1.82, 2.24) is 9.97 Å². The molecule has 6 heteroatoms. The molecule has 0 aliphatic rings. The number of methoxy groups -OCH3 is 1. The van der Waals surface area contributed by atoms with Gasteiger partial charge in [-0.2, -0.15) is 0 Å². The topological polar surface area (TPSA) is 72.3 Å². The molecule has 0 saturated carbocycles. The molecule has 0 bridgehead atoms. The van der Waals surface area contributed by atoms with Crippen LogP contribution in [0.15, 0.2) is 12.4 Å². The second kappa shape index (κ2) is 3.92. The van der Waals surface area contributed by atoms with E-state index in [1.807, 2.05) is 0 Å². The lowest BCUT2D eigenvalue weighted by atomic mass is 10.3. The maximum atomic E-state index is 10.8. The molecule has 1 N–H and O–H groups in total. The number of carboxylic acid groups (broad SMARTS) is 1. The zero-order valence-electron chi connectivity index (χ0n) is 7.93. The number of ether oxygens (including phenoxy) is 1. The van der Waals surface area contributed by atoms with Crippen molar-refractivity contribution in [3.05, 3.63) is 23.0 Å². The number of fused-ring (bicyclic) bond motifs is 1. The number of thiophene rings is 1. The molecule has 0 amide bonds. The molecule has 78 valence electrons. The summed E-state index contributed by atoms with van der Waals surface area (Å²) in [5.41, 5.74) is 0.714. The Kier molecular flexibility index (Phi) is 2.61. The number of carboxylic acids is 1. The smallest absolute Gasteiger partial charge is 0.345 e. The quantitative estimate of drug-likeness (QED) is 0.856. The molecule has 0 saturated heterocycles. The van der Waals surface area contributed by atoms with Gasteiger partial charge in [0.05, 0.1) is 12.3 Å². The number of carbonyl (C=O) groups is 1. The summed E-state index contributed by atoms with van der Waals surface area (Å²) in [5.74, 6) is -0.943. The molecule has 0 unspecified atom stereocenters. The third-order valence-corrected chi connectivity index (χ3v) is 2.93. The third-order valence-electron chi connectivity index (χ3n) is 1.90. The van der Waals surface area contributed by atoms with E-state index in [2.05, 4.69) is 9.97 Å². The van der Waals surface area contributed by atoms with Crippen molar-refractivity contribution in [2.24, 2.45) is 0 Å². The molecular weight excluding hydrogens is 216 g/mol. The lowest BCUT2D eigenvalue weighted by Crippen LogP contribution is -1.93. The van der Waals surface area contributed by atoms with Gasteiger partial charge in [0.1, 0.15) is 16.0 Å². The maximum absolute atomic E-state index is 10.8. The fourth-order valence-corrected chi connectivity index (χ4v) is 2.12. The molecule has 0 aromatic carbocycles. The van der Waals surface area contributed by atoms with Gasteiger partial charge in [-0.15, -0.1) is 11.3 Å². The number of nitrogens with zero attached hydrogens (tertiary/aromatic N) is 2. The van der Waals surface area contributed by atoms with Crippen molar-refractivity contribution in [2.45, 2.75) is 6.61 Å². The molecule has 0 fully saturated rings. The average Bonchev–Trinajstić information content (AvgIpc) is 2.63. The highest BCUT2D eigenvalue weighted by Crippen LogP contribution is 2.25. The molecule has 5 nitrogen and oxygen atoms in total. The largest absolute Gasteiger partial charge is 0.477 e. The van der Waals surface area contributed by atoms with Crippen molar-refractivity contribution < 1.29 is 14.6 Å². The highest BCUT2D eigenvalue weighted by atomic mass is 32.1. The van der Waals surface area contributed by atoms with Crippen LogP contribution in [0.25, 0.3) is 10.2 Å². The lowest BCUT2D eigenvalue weighted by molar-refractivity contribution is 0.0702. The predicted octanol–water partition coefficient (Wildman–Crippen LogP) is 1.54. The van der Waals surface area contributed by atoms with Crippen molar-refractivity contribution in [3.8, 4) is 0 Å². The normalized spacial score (nSPS) is 10.7. The van der Waals surface area contributed by atoms with E-state index in [4.69, 9.17) is 9.84 Å². The standard InChI is InChI=1S/C9H8N2O3S/c1-14-3-6-5-2-7(9(12)13)15-8(5)11-4-10-6/h2,4H,3H2,1H3,(H,12,13). The SMILES string of the molecule is COCc1ncnc2sc(C(=O)O)cc12. The highest BCUT2D eigenvalue weighted by Gasteiger charge is 2.12. The van der Waals surface area contributed by atoms with Crippen LogP contribution in [-0.2, 0) is 11.3 Å². The van der Waals surface area contributed by atoms with E-state index in [-0.39, 0.29) is 4.88 Å². The number of aromatic carboxylic acids is 1. The summed E-state index contributed by atoms with van der Waals surface area (Å²) >= 11 is 1.14. The van der Waals surface area contributed by atoms with Gasteiger partial charge in [0.25, 0.3) is 0 Å². The minimum absolute atomic E-state index is 0.267. The van der Waals surface area contributed by atoms with Gasteiger partial charge in [-0.05, 0) is 6.07 Å². The van der Waals surface area contributed by atoms with Crippen LogP contribution in [0.5, 0.6) is 0 Å². The molecule has 2 heterocycles. The van der Waals surface area contributed by atoms with Crippen LogP contribution < -0.4 is 0 Å². The van der Waals surface area contributed by atoms with Crippen molar-refractivity contribution in [2.75, 3.05) is 7.11 Å². The monoisotopic (exact) mass is 224 g/mol. The molecular formula is C9H8N2O3S. The van der Waals surface area contributed by atoms with E-state index >= 15 is 0 Å². The molecule has 0 spiro atoms. The van der Waals surface area contributed by atoms with Gasteiger partial charge in [0, 0.05) is 12.5 Å². The Hall–Kier alpha value is -1.53. The van der Waals surface area contributed by atoms with E-state index in [9.17, 15) is 4.79 Å². The summed E-state index contributed by atoms with van der Waals surface area (Å²) in [7, 11) is 1.57. The highest BCUT2D eigenvalue weighted by molar-refractivity contribution is 7.20. The minimum atomic E-state index is -0.943. The fourth-order valence-electron chi connectivity index (χ4n) is 1.26. The Labute approximate surface area is 89.4 Å². The molecule has 15 heavy (non-hydrogen) atoms. The third kappa shape index (κ3) is 1.81. The number of rotatable bonds is 3. The van der Waals surface area contributed by atoms with Crippen LogP contribution in [0.3, 0.4) is 0 Å². The molecule has 2 aromatic rings.